The fourth-order valence-electron chi connectivity index (χ4n) is 2.48. The predicted molar refractivity (Wildman–Crippen MR) is 87.9 cm³/mol. The van der Waals surface area contributed by atoms with Crippen molar-refractivity contribution in [2.45, 2.75) is 19.8 Å². The highest BCUT2D eigenvalue weighted by molar-refractivity contribution is 6.34. The molecule has 1 fully saturated rings. The van der Waals surface area contributed by atoms with Gasteiger partial charge in [-0.15, -0.1) is 12.4 Å². The van der Waals surface area contributed by atoms with Gasteiger partial charge >= 0.3 is 0 Å². The molecule has 0 aliphatic carbocycles. The number of nitrogens with zero attached hydrogens (tertiary/aromatic N) is 1. The van der Waals surface area contributed by atoms with Crippen LogP contribution in [0.3, 0.4) is 0 Å². The summed E-state index contributed by atoms with van der Waals surface area (Å²) in [4.78, 5) is 22.7. The second-order valence-electron chi connectivity index (χ2n) is 5.63. The number of piperidine rings is 1. The van der Waals surface area contributed by atoms with Crippen LogP contribution < -0.4 is 10.6 Å². The summed E-state index contributed by atoms with van der Waals surface area (Å²) >= 11 is 5.95. The molecular formula is C14H19Cl2N3O3. The Balaban J connectivity index is 0.00000242. The molecule has 2 rings (SSSR count). The molecule has 1 aliphatic rings. The van der Waals surface area contributed by atoms with Crippen molar-refractivity contribution in [3.63, 3.8) is 0 Å². The van der Waals surface area contributed by atoms with E-state index in [1.807, 2.05) is 0 Å². The van der Waals surface area contributed by atoms with Crippen molar-refractivity contribution >= 4 is 35.6 Å². The van der Waals surface area contributed by atoms with Gasteiger partial charge in [-0.3, -0.25) is 14.9 Å². The van der Waals surface area contributed by atoms with Crippen LogP contribution in [0.15, 0.2) is 18.2 Å². The van der Waals surface area contributed by atoms with Gasteiger partial charge in [0.15, 0.2) is 0 Å². The van der Waals surface area contributed by atoms with E-state index in [0.717, 1.165) is 25.9 Å². The minimum absolute atomic E-state index is 0. The van der Waals surface area contributed by atoms with Crippen LogP contribution in [0.25, 0.3) is 0 Å². The van der Waals surface area contributed by atoms with E-state index in [-0.39, 0.29) is 34.1 Å². The number of nitrogens with one attached hydrogen (secondary N) is 2. The van der Waals surface area contributed by atoms with Gasteiger partial charge in [-0.2, -0.15) is 0 Å². The van der Waals surface area contributed by atoms with E-state index in [2.05, 4.69) is 17.6 Å². The molecule has 1 aliphatic heterocycles. The number of hydrogen-bond donors (Lipinski definition) is 2. The molecule has 0 saturated carbocycles. The van der Waals surface area contributed by atoms with Crippen molar-refractivity contribution in [1.29, 1.82) is 0 Å². The van der Waals surface area contributed by atoms with Crippen LogP contribution in [0, 0.1) is 15.5 Å². The number of carbonyl (C=O) groups excluding carboxylic acids is 1. The molecule has 1 heterocycles. The molecule has 0 aromatic heterocycles. The standard InChI is InChI=1S/C14H18ClN3O3.ClH/c1-14(5-7-16-8-6-14)9-17-13(19)12-10(15)3-2-4-11(12)18(20)21;/h2-4,16H,5-9H2,1H3,(H,17,19);1H. The van der Waals surface area contributed by atoms with Gasteiger partial charge in [-0.25, -0.2) is 0 Å². The van der Waals surface area contributed by atoms with Crippen LogP contribution in [0.2, 0.25) is 5.02 Å². The number of halogens is 2. The van der Waals surface area contributed by atoms with Crippen LogP contribution in [-0.2, 0) is 0 Å². The van der Waals surface area contributed by atoms with Crippen molar-refractivity contribution in [3.8, 4) is 0 Å². The highest BCUT2D eigenvalue weighted by Gasteiger charge is 2.29. The molecule has 6 nitrogen and oxygen atoms in total. The normalized spacial score (nSPS) is 16.5. The SMILES string of the molecule is CC1(CNC(=O)c2c(Cl)cccc2[N+](=O)[O-])CCNCC1.Cl. The van der Waals surface area contributed by atoms with E-state index in [9.17, 15) is 14.9 Å². The Bertz CT molecular complexity index is 560. The third kappa shape index (κ3) is 4.32. The molecule has 0 bridgehead atoms. The van der Waals surface area contributed by atoms with Gasteiger partial charge in [0.2, 0.25) is 0 Å². The van der Waals surface area contributed by atoms with Crippen molar-refractivity contribution in [2.75, 3.05) is 19.6 Å². The lowest BCUT2D eigenvalue weighted by Gasteiger charge is -2.34. The van der Waals surface area contributed by atoms with E-state index >= 15 is 0 Å². The van der Waals surface area contributed by atoms with Gasteiger partial charge in [-0.1, -0.05) is 24.6 Å². The fraction of sp³-hybridized carbons (Fsp3) is 0.500. The Morgan fingerprint density at radius 3 is 2.68 bits per heavy atom. The summed E-state index contributed by atoms with van der Waals surface area (Å²) in [6, 6.07) is 4.23. The smallest absolute Gasteiger partial charge is 0.283 e. The van der Waals surface area contributed by atoms with Gasteiger partial charge in [0.25, 0.3) is 11.6 Å². The molecule has 1 aromatic carbocycles. The van der Waals surface area contributed by atoms with Gasteiger partial charge in [0.05, 0.1) is 9.95 Å². The van der Waals surface area contributed by atoms with Crippen molar-refractivity contribution in [2.24, 2.45) is 5.41 Å². The van der Waals surface area contributed by atoms with Gasteiger partial charge in [0, 0.05) is 12.6 Å². The first-order valence-corrected chi connectivity index (χ1v) is 7.23. The lowest BCUT2D eigenvalue weighted by atomic mass is 9.81. The van der Waals surface area contributed by atoms with Crippen LogP contribution in [0.4, 0.5) is 5.69 Å². The number of hydrogen-bond acceptors (Lipinski definition) is 4. The Hall–Kier alpha value is -1.37. The monoisotopic (exact) mass is 347 g/mol. The lowest BCUT2D eigenvalue weighted by Crippen LogP contribution is -2.43. The molecule has 122 valence electrons. The lowest BCUT2D eigenvalue weighted by molar-refractivity contribution is -0.385. The maximum absolute atomic E-state index is 12.3. The fourth-order valence-corrected chi connectivity index (χ4v) is 2.73. The zero-order valence-electron chi connectivity index (χ0n) is 12.2. The summed E-state index contributed by atoms with van der Waals surface area (Å²) < 4.78 is 0. The zero-order chi connectivity index (χ0) is 15.5. The molecule has 0 atom stereocenters. The van der Waals surface area contributed by atoms with Crippen molar-refractivity contribution in [1.82, 2.24) is 10.6 Å². The summed E-state index contributed by atoms with van der Waals surface area (Å²) in [5.41, 5.74) is -0.325. The zero-order valence-corrected chi connectivity index (χ0v) is 13.8. The van der Waals surface area contributed by atoms with Crippen LogP contribution in [-0.4, -0.2) is 30.5 Å². The minimum atomic E-state index is -0.590. The number of amides is 1. The molecule has 2 N–H and O–H groups in total. The molecular weight excluding hydrogens is 329 g/mol. The Kier molecular flexibility index (Phi) is 6.59. The van der Waals surface area contributed by atoms with Crippen molar-refractivity contribution in [3.05, 3.63) is 38.9 Å². The van der Waals surface area contributed by atoms with E-state index in [4.69, 9.17) is 11.6 Å². The number of rotatable bonds is 4. The average molecular weight is 348 g/mol. The summed E-state index contributed by atoms with van der Waals surface area (Å²) in [5.74, 6) is -0.493. The number of carbonyl (C=O) groups is 1. The second-order valence-corrected chi connectivity index (χ2v) is 6.04. The maximum Gasteiger partial charge on any atom is 0.283 e. The molecule has 0 spiro atoms. The van der Waals surface area contributed by atoms with Gasteiger partial charge in [0.1, 0.15) is 5.56 Å². The first-order valence-electron chi connectivity index (χ1n) is 6.85. The van der Waals surface area contributed by atoms with Crippen LogP contribution >= 0.6 is 24.0 Å². The minimum Gasteiger partial charge on any atom is -0.351 e. The summed E-state index contributed by atoms with van der Waals surface area (Å²) in [5, 5.41) is 17.2. The quantitative estimate of drug-likeness (QED) is 0.647. The van der Waals surface area contributed by atoms with E-state index < -0.39 is 10.8 Å². The van der Waals surface area contributed by atoms with E-state index in [0.29, 0.717) is 6.54 Å². The van der Waals surface area contributed by atoms with E-state index in [1.165, 1.54) is 18.2 Å². The molecule has 1 saturated heterocycles. The highest BCUT2D eigenvalue weighted by Crippen LogP contribution is 2.29. The Morgan fingerprint density at radius 2 is 2.09 bits per heavy atom. The molecule has 1 aromatic rings. The largest absolute Gasteiger partial charge is 0.351 e. The third-order valence-electron chi connectivity index (χ3n) is 3.90. The maximum atomic E-state index is 12.3. The van der Waals surface area contributed by atoms with E-state index in [1.54, 1.807) is 0 Å². The average Bonchev–Trinajstić information content (AvgIpc) is 2.45. The second kappa shape index (κ2) is 7.76. The number of nitro benzene ring substituents is 1. The van der Waals surface area contributed by atoms with Crippen LogP contribution in [0.5, 0.6) is 0 Å². The predicted octanol–water partition coefficient (Wildman–Crippen LogP) is 2.79. The van der Waals surface area contributed by atoms with Crippen molar-refractivity contribution < 1.29 is 9.72 Å². The van der Waals surface area contributed by atoms with Gasteiger partial charge < -0.3 is 10.6 Å². The number of nitro groups is 1. The third-order valence-corrected chi connectivity index (χ3v) is 4.22. The molecule has 1 amide bonds. The molecule has 22 heavy (non-hydrogen) atoms. The summed E-state index contributed by atoms with van der Waals surface area (Å²) in [7, 11) is 0. The first kappa shape index (κ1) is 18.7. The summed E-state index contributed by atoms with van der Waals surface area (Å²) in [6.45, 7) is 4.42. The Labute approximate surface area is 140 Å². The highest BCUT2D eigenvalue weighted by atomic mass is 35.5. The molecule has 0 unspecified atom stereocenters. The van der Waals surface area contributed by atoms with Crippen LogP contribution in [0.1, 0.15) is 30.1 Å². The number of benzene rings is 1. The topological polar surface area (TPSA) is 84.3 Å². The molecule has 8 heteroatoms. The Morgan fingerprint density at radius 1 is 1.45 bits per heavy atom. The summed E-state index contributed by atoms with van der Waals surface area (Å²) in [6.07, 6.45) is 1.91. The molecule has 0 radical (unpaired) electrons. The van der Waals surface area contributed by atoms with Gasteiger partial charge in [-0.05, 0) is 37.4 Å². The first-order chi connectivity index (χ1) is 9.93.